The van der Waals surface area contributed by atoms with Gasteiger partial charge >= 0.3 is 0 Å². The first-order chi connectivity index (χ1) is 13.2. The van der Waals surface area contributed by atoms with Gasteiger partial charge in [-0.1, -0.05) is 48.9 Å². The number of hydrogen-bond donors (Lipinski definition) is 1. The van der Waals surface area contributed by atoms with Gasteiger partial charge in [-0.15, -0.1) is 0 Å². The predicted molar refractivity (Wildman–Crippen MR) is 107 cm³/mol. The lowest BCUT2D eigenvalue weighted by Gasteiger charge is -2.35. The number of piperidine rings is 1. The van der Waals surface area contributed by atoms with E-state index in [0.29, 0.717) is 31.0 Å². The first-order valence-electron chi connectivity index (χ1n) is 9.93. The zero-order chi connectivity index (χ0) is 18.6. The van der Waals surface area contributed by atoms with E-state index in [1.807, 2.05) is 24.3 Å². The molecule has 2 aliphatic heterocycles. The van der Waals surface area contributed by atoms with Crippen molar-refractivity contribution in [3.05, 3.63) is 65.2 Å². The highest BCUT2D eigenvalue weighted by molar-refractivity contribution is 6.07. The van der Waals surface area contributed by atoms with E-state index in [0.717, 1.165) is 37.1 Å². The Kier molecular flexibility index (Phi) is 5.35. The van der Waals surface area contributed by atoms with Crippen LogP contribution in [0, 0.1) is 0 Å². The summed E-state index contributed by atoms with van der Waals surface area (Å²) in [6, 6.07) is 16.7. The highest BCUT2D eigenvalue weighted by atomic mass is 16.2. The fourth-order valence-corrected chi connectivity index (χ4v) is 4.29. The zero-order valence-electron chi connectivity index (χ0n) is 15.6. The standard InChI is InChI=1S/C23H26N2O2/c26-21(20-11-6-9-18-12-13-22(27)24-23(18)20)16-25-14-5-4-10-19(25)15-17-7-2-1-3-8-17/h1-3,6-9,11,19H,4-5,10,12-16H2,(H,24,27). The Morgan fingerprint density at radius 1 is 1.04 bits per heavy atom. The number of nitrogens with one attached hydrogen (secondary N) is 1. The third kappa shape index (κ3) is 4.11. The molecule has 1 unspecified atom stereocenters. The van der Waals surface area contributed by atoms with E-state index in [-0.39, 0.29) is 11.7 Å². The Bertz CT molecular complexity index is 832. The summed E-state index contributed by atoms with van der Waals surface area (Å²) >= 11 is 0. The molecule has 4 heteroatoms. The molecular weight excluding hydrogens is 336 g/mol. The quantitative estimate of drug-likeness (QED) is 0.822. The number of Topliss-reactive ketones (excluding diaryl/α,β-unsaturated/α-hetero) is 1. The number of hydrogen-bond acceptors (Lipinski definition) is 3. The van der Waals surface area contributed by atoms with Crippen LogP contribution in [0.1, 0.15) is 47.2 Å². The molecule has 1 N–H and O–H groups in total. The lowest BCUT2D eigenvalue weighted by atomic mass is 9.93. The molecule has 0 radical (unpaired) electrons. The molecule has 2 heterocycles. The summed E-state index contributed by atoms with van der Waals surface area (Å²) in [5.74, 6) is 0.108. The second-order valence-electron chi connectivity index (χ2n) is 7.62. The second-order valence-corrected chi connectivity index (χ2v) is 7.62. The molecule has 2 aromatic rings. The molecule has 0 saturated carbocycles. The van der Waals surface area contributed by atoms with Crippen LogP contribution in [0.4, 0.5) is 5.69 Å². The number of amides is 1. The van der Waals surface area contributed by atoms with Crippen molar-refractivity contribution in [2.24, 2.45) is 0 Å². The SMILES string of the molecule is O=C1CCc2cccc(C(=O)CN3CCCCC3Cc3ccccc3)c2N1. The Hall–Kier alpha value is -2.46. The molecule has 0 bridgehead atoms. The average Bonchev–Trinajstić information content (AvgIpc) is 2.69. The van der Waals surface area contributed by atoms with Gasteiger partial charge in [0, 0.05) is 18.0 Å². The van der Waals surface area contributed by atoms with Gasteiger partial charge in [0.1, 0.15) is 0 Å². The van der Waals surface area contributed by atoms with Crippen LogP contribution in [0.2, 0.25) is 0 Å². The van der Waals surface area contributed by atoms with E-state index in [1.165, 1.54) is 12.0 Å². The molecule has 1 amide bonds. The summed E-state index contributed by atoms with van der Waals surface area (Å²) < 4.78 is 0. The van der Waals surface area contributed by atoms with Crippen molar-refractivity contribution >= 4 is 17.4 Å². The monoisotopic (exact) mass is 362 g/mol. The number of carbonyl (C=O) groups is 2. The Labute approximate surface area is 160 Å². The molecule has 4 nitrogen and oxygen atoms in total. The van der Waals surface area contributed by atoms with Crippen molar-refractivity contribution in [2.45, 2.75) is 44.6 Å². The van der Waals surface area contributed by atoms with Gasteiger partial charge in [0.05, 0.1) is 12.2 Å². The van der Waals surface area contributed by atoms with E-state index in [2.05, 4.69) is 34.5 Å². The maximum Gasteiger partial charge on any atom is 0.224 e. The zero-order valence-corrected chi connectivity index (χ0v) is 15.6. The van der Waals surface area contributed by atoms with E-state index < -0.39 is 0 Å². The number of likely N-dealkylation sites (tertiary alicyclic amines) is 1. The number of carbonyl (C=O) groups excluding carboxylic acids is 2. The van der Waals surface area contributed by atoms with Gasteiger partial charge in [0.15, 0.2) is 5.78 Å². The molecule has 0 aliphatic carbocycles. The third-order valence-electron chi connectivity index (χ3n) is 5.75. The first-order valence-corrected chi connectivity index (χ1v) is 9.93. The number of ketones is 1. The summed E-state index contributed by atoms with van der Waals surface area (Å²) in [5.41, 5.74) is 3.78. The number of fused-ring (bicyclic) bond motifs is 1. The number of para-hydroxylation sites is 1. The lowest BCUT2D eigenvalue weighted by Crippen LogP contribution is -2.43. The molecule has 2 aliphatic rings. The summed E-state index contributed by atoms with van der Waals surface area (Å²) in [7, 11) is 0. The fourth-order valence-electron chi connectivity index (χ4n) is 4.29. The molecule has 140 valence electrons. The molecule has 1 atom stereocenters. The van der Waals surface area contributed by atoms with Gasteiger partial charge in [-0.05, 0) is 49.4 Å². The first kappa shape index (κ1) is 17.9. The largest absolute Gasteiger partial charge is 0.325 e. The Morgan fingerprint density at radius 3 is 2.74 bits per heavy atom. The van der Waals surface area contributed by atoms with Crippen LogP contribution >= 0.6 is 0 Å². The van der Waals surface area contributed by atoms with Crippen molar-refractivity contribution < 1.29 is 9.59 Å². The van der Waals surface area contributed by atoms with Crippen molar-refractivity contribution in [2.75, 3.05) is 18.4 Å². The molecule has 0 spiro atoms. The molecule has 2 aromatic carbocycles. The number of benzene rings is 2. The van der Waals surface area contributed by atoms with Crippen LogP contribution in [-0.2, 0) is 17.6 Å². The van der Waals surface area contributed by atoms with Crippen molar-refractivity contribution in [3.63, 3.8) is 0 Å². The maximum atomic E-state index is 13.1. The Balaban J connectivity index is 1.50. The maximum absolute atomic E-state index is 13.1. The summed E-state index contributed by atoms with van der Waals surface area (Å²) in [4.78, 5) is 27.2. The minimum atomic E-state index is 0.00248. The van der Waals surface area contributed by atoms with Gasteiger partial charge in [0.2, 0.25) is 5.91 Å². The van der Waals surface area contributed by atoms with Crippen molar-refractivity contribution in [3.8, 4) is 0 Å². The van der Waals surface area contributed by atoms with Crippen LogP contribution in [0.25, 0.3) is 0 Å². The minimum absolute atomic E-state index is 0.00248. The van der Waals surface area contributed by atoms with E-state index >= 15 is 0 Å². The molecule has 27 heavy (non-hydrogen) atoms. The van der Waals surface area contributed by atoms with E-state index in [1.54, 1.807) is 0 Å². The van der Waals surface area contributed by atoms with Gasteiger partial charge < -0.3 is 5.32 Å². The summed E-state index contributed by atoms with van der Waals surface area (Å²) in [6.45, 7) is 1.38. The second kappa shape index (κ2) is 8.05. The summed E-state index contributed by atoms with van der Waals surface area (Å²) in [6.07, 6.45) is 5.68. The normalized spacial score (nSPS) is 20.0. The van der Waals surface area contributed by atoms with Crippen LogP contribution < -0.4 is 5.32 Å². The third-order valence-corrected chi connectivity index (χ3v) is 5.75. The number of rotatable bonds is 5. The highest BCUT2D eigenvalue weighted by Crippen LogP contribution is 2.28. The number of aryl methyl sites for hydroxylation is 1. The molecular formula is C23H26N2O2. The number of nitrogens with zero attached hydrogens (tertiary/aromatic N) is 1. The van der Waals surface area contributed by atoms with Gasteiger partial charge in [0.25, 0.3) is 0 Å². The fraction of sp³-hybridized carbons (Fsp3) is 0.391. The van der Waals surface area contributed by atoms with E-state index in [9.17, 15) is 9.59 Å². The highest BCUT2D eigenvalue weighted by Gasteiger charge is 2.27. The van der Waals surface area contributed by atoms with Crippen LogP contribution in [-0.4, -0.2) is 35.7 Å². The van der Waals surface area contributed by atoms with Gasteiger partial charge in [-0.3, -0.25) is 14.5 Å². The van der Waals surface area contributed by atoms with Crippen molar-refractivity contribution in [1.29, 1.82) is 0 Å². The lowest BCUT2D eigenvalue weighted by molar-refractivity contribution is -0.116. The molecule has 1 fully saturated rings. The van der Waals surface area contributed by atoms with E-state index in [4.69, 9.17) is 0 Å². The van der Waals surface area contributed by atoms with Gasteiger partial charge in [-0.25, -0.2) is 0 Å². The van der Waals surface area contributed by atoms with Gasteiger partial charge in [-0.2, -0.15) is 0 Å². The topological polar surface area (TPSA) is 49.4 Å². The number of anilines is 1. The smallest absolute Gasteiger partial charge is 0.224 e. The minimum Gasteiger partial charge on any atom is -0.325 e. The van der Waals surface area contributed by atoms with Crippen LogP contribution in [0.15, 0.2) is 48.5 Å². The van der Waals surface area contributed by atoms with Crippen LogP contribution in [0.5, 0.6) is 0 Å². The molecule has 4 rings (SSSR count). The predicted octanol–water partition coefficient (Wildman–Crippen LogP) is 3.85. The average molecular weight is 362 g/mol. The van der Waals surface area contributed by atoms with Crippen LogP contribution in [0.3, 0.4) is 0 Å². The summed E-state index contributed by atoms with van der Waals surface area (Å²) in [5, 5.41) is 2.92. The molecule has 0 aromatic heterocycles. The molecule has 1 saturated heterocycles. The Morgan fingerprint density at radius 2 is 1.89 bits per heavy atom. The van der Waals surface area contributed by atoms with Crippen molar-refractivity contribution in [1.82, 2.24) is 4.90 Å².